The number of rotatable bonds is 5. The van der Waals surface area contributed by atoms with Gasteiger partial charge in [-0.15, -0.1) is 0 Å². The number of hydrogen-bond donors (Lipinski definition) is 0. The van der Waals surface area contributed by atoms with Crippen molar-refractivity contribution in [2.24, 2.45) is 0 Å². The third kappa shape index (κ3) is 3.52. The summed E-state index contributed by atoms with van der Waals surface area (Å²) in [6, 6.07) is 10.3. The summed E-state index contributed by atoms with van der Waals surface area (Å²) < 4.78 is 4.15. The first-order valence-electron chi connectivity index (χ1n) is 12.0. The number of amides is 1. The molecule has 0 saturated heterocycles. The molecule has 1 fully saturated rings. The Morgan fingerprint density at radius 1 is 1.12 bits per heavy atom. The topological polar surface area (TPSA) is 68.8 Å². The van der Waals surface area contributed by atoms with Gasteiger partial charge in [0.25, 0.3) is 5.91 Å². The number of anilines is 1. The van der Waals surface area contributed by atoms with Crippen LogP contribution in [0.5, 0.6) is 0 Å². The van der Waals surface area contributed by atoms with Crippen LogP contribution in [0.3, 0.4) is 0 Å². The Labute approximate surface area is 199 Å². The van der Waals surface area contributed by atoms with E-state index in [0.29, 0.717) is 18.3 Å². The molecule has 172 valence electrons. The van der Waals surface area contributed by atoms with Gasteiger partial charge in [-0.1, -0.05) is 12.1 Å². The molecule has 1 aliphatic carbocycles. The number of aryl methyl sites for hydroxylation is 1. The quantitative estimate of drug-likeness (QED) is 0.422. The van der Waals surface area contributed by atoms with Gasteiger partial charge < -0.3 is 9.13 Å². The van der Waals surface area contributed by atoms with Gasteiger partial charge in [0, 0.05) is 42.7 Å². The van der Waals surface area contributed by atoms with E-state index in [4.69, 9.17) is 4.98 Å². The number of fused-ring (bicyclic) bond motifs is 1. The molecule has 1 amide bonds. The first-order valence-corrected chi connectivity index (χ1v) is 12.0. The van der Waals surface area contributed by atoms with Gasteiger partial charge in [-0.2, -0.15) is 0 Å². The minimum atomic E-state index is -0.0121. The Kier molecular flexibility index (Phi) is 4.86. The van der Waals surface area contributed by atoms with Crippen LogP contribution in [0, 0.1) is 6.92 Å². The molecule has 0 atom stereocenters. The molecular weight excluding hydrogens is 424 g/mol. The zero-order valence-corrected chi connectivity index (χ0v) is 19.8. The van der Waals surface area contributed by atoms with Gasteiger partial charge in [0.05, 0.1) is 17.7 Å². The van der Waals surface area contributed by atoms with Crippen molar-refractivity contribution in [3.05, 3.63) is 77.6 Å². The van der Waals surface area contributed by atoms with Crippen LogP contribution in [0.25, 0.3) is 17.2 Å². The smallest absolute Gasteiger partial charge is 0.259 e. The van der Waals surface area contributed by atoms with Crippen molar-refractivity contribution in [1.29, 1.82) is 0 Å². The van der Waals surface area contributed by atoms with E-state index in [-0.39, 0.29) is 11.9 Å². The second-order valence-electron chi connectivity index (χ2n) is 9.62. The zero-order chi connectivity index (χ0) is 23.4. The fourth-order valence-electron chi connectivity index (χ4n) is 4.82. The lowest BCUT2D eigenvalue weighted by Gasteiger charge is -2.29. The van der Waals surface area contributed by atoms with Gasteiger partial charge in [0.15, 0.2) is 5.82 Å². The van der Waals surface area contributed by atoms with E-state index in [1.54, 1.807) is 11.1 Å². The van der Waals surface area contributed by atoms with E-state index in [9.17, 15) is 4.79 Å². The molecule has 3 aromatic heterocycles. The lowest BCUT2D eigenvalue weighted by Crippen LogP contribution is -2.38. The Hall–Kier alpha value is -3.74. The second kappa shape index (κ2) is 7.94. The largest absolute Gasteiger partial charge is 0.327 e. The summed E-state index contributed by atoms with van der Waals surface area (Å²) in [6.07, 6.45) is 11.0. The number of imidazole rings is 2. The molecule has 4 aromatic rings. The summed E-state index contributed by atoms with van der Waals surface area (Å²) in [5, 5.41) is 0. The molecule has 4 heterocycles. The van der Waals surface area contributed by atoms with Crippen molar-refractivity contribution in [1.82, 2.24) is 24.1 Å². The standard InChI is InChI=1S/C27H28N6O/c1-17(2)32-12-10-28-26(32)22-5-4-6-25(30-22)33-11-9-20-13-18(3)24(14-21(20)27(33)34)31-15-23(29-16-31)19-7-8-19/h4-6,10,12-17,19H,7-9,11H2,1-3H3. The Morgan fingerprint density at radius 3 is 2.76 bits per heavy atom. The van der Waals surface area contributed by atoms with E-state index in [1.807, 2.05) is 36.8 Å². The summed E-state index contributed by atoms with van der Waals surface area (Å²) in [5.74, 6) is 2.06. The summed E-state index contributed by atoms with van der Waals surface area (Å²) >= 11 is 0. The maximum atomic E-state index is 13.6. The van der Waals surface area contributed by atoms with Gasteiger partial charge in [0.1, 0.15) is 11.5 Å². The van der Waals surface area contributed by atoms with Crippen LogP contribution in [0.2, 0.25) is 0 Å². The fraction of sp³-hybridized carbons (Fsp3) is 0.333. The summed E-state index contributed by atoms with van der Waals surface area (Å²) in [7, 11) is 0. The number of carbonyl (C=O) groups excluding carboxylic acids is 1. The van der Waals surface area contributed by atoms with E-state index in [0.717, 1.165) is 46.0 Å². The molecule has 1 aliphatic heterocycles. The molecule has 0 radical (unpaired) electrons. The lowest BCUT2D eigenvalue weighted by atomic mass is 9.95. The molecule has 7 heteroatoms. The van der Waals surface area contributed by atoms with Crippen LogP contribution in [0.1, 0.15) is 65.8 Å². The van der Waals surface area contributed by atoms with Crippen molar-refractivity contribution in [2.75, 3.05) is 11.4 Å². The van der Waals surface area contributed by atoms with Crippen molar-refractivity contribution >= 4 is 11.7 Å². The minimum Gasteiger partial charge on any atom is -0.327 e. The molecule has 0 spiro atoms. The highest BCUT2D eigenvalue weighted by Gasteiger charge is 2.29. The molecule has 1 aromatic carbocycles. The predicted octanol–water partition coefficient (Wildman–Crippen LogP) is 5.10. The lowest BCUT2D eigenvalue weighted by molar-refractivity contribution is 0.0980. The summed E-state index contributed by atoms with van der Waals surface area (Å²) in [5.41, 5.74) is 5.91. The third-order valence-electron chi connectivity index (χ3n) is 6.84. The van der Waals surface area contributed by atoms with E-state index >= 15 is 0 Å². The van der Waals surface area contributed by atoms with Gasteiger partial charge in [-0.25, -0.2) is 15.0 Å². The molecule has 0 N–H and O–H groups in total. The Bertz CT molecular complexity index is 1390. The van der Waals surface area contributed by atoms with Gasteiger partial charge in [0.2, 0.25) is 0 Å². The Morgan fingerprint density at radius 2 is 1.97 bits per heavy atom. The van der Waals surface area contributed by atoms with Crippen LogP contribution in [-0.2, 0) is 6.42 Å². The molecule has 2 aliphatic rings. The highest BCUT2D eigenvalue weighted by Crippen LogP contribution is 2.39. The molecule has 34 heavy (non-hydrogen) atoms. The van der Waals surface area contributed by atoms with Crippen molar-refractivity contribution in [3.8, 4) is 17.2 Å². The average molecular weight is 453 g/mol. The minimum absolute atomic E-state index is 0.0121. The summed E-state index contributed by atoms with van der Waals surface area (Å²) in [4.78, 5) is 29.4. The predicted molar refractivity (Wildman–Crippen MR) is 131 cm³/mol. The van der Waals surface area contributed by atoms with Crippen LogP contribution < -0.4 is 4.90 Å². The van der Waals surface area contributed by atoms with Crippen LogP contribution in [0.4, 0.5) is 5.82 Å². The highest BCUT2D eigenvalue weighted by molar-refractivity contribution is 6.08. The second-order valence-corrected chi connectivity index (χ2v) is 9.62. The molecular formula is C27H28N6O. The van der Waals surface area contributed by atoms with Crippen LogP contribution >= 0.6 is 0 Å². The molecule has 0 unspecified atom stereocenters. The Balaban J connectivity index is 1.34. The molecule has 1 saturated carbocycles. The van der Waals surface area contributed by atoms with Crippen molar-refractivity contribution in [3.63, 3.8) is 0 Å². The van der Waals surface area contributed by atoms with Gasteiger partial charge in [-0.3, -0.25) is 9.69 Å². The maximum Gasteiger partial charge on any atom is 0.259 e. The van der Waals surface area contributed by atoms with Crippen molar-refractivity contribution < 1.29 is 4.79 Å². The van der Waals surface area contributed by atoms with E-state index in [2.05, 4.69) is 52.1 Å². The number of hydrogen-bond acceptors (Lipinski definition) is 4. The summed E-state index contributed by atoms with van der Waals surface area (Å²) in [6.45, 7) is 6.95. The van der Waals surface area contributed by atoms with Gasteiger partial charge >= 0.3 is 0 Å². The average Bonchev–Trinajstić information content (AvgIpc) is 3.35. The maximum absolute atomic E-state index is 13.6. The monoisotopic (exact) mass is 452 g/mol. The number of carbonyl (C=O) groups is 1. The third-order valence-corrected chi connectivity index (χ3v) is 6.84. The molecule has 6 rings (SSSR count). The van der Waals surface area contributed by atoms with Crippen LogP contribution in [0.15, 0.2) is 55.2 Å². The SMILES string of the molecule is Cc1cc2c(cc1-n1cnc(C3CC3)c1)C(=O)N(c1cccc(-c3nccn3C(C)C)n1)CC2. The number of aromatic nitrogens is 5. The fourth-order valence-corrected chi connectivity index (χ4v) is 4.82. The number of pyridine rings is 1. The molecule has 7 nitrogen and oxygen atoms in total. The first-order chi connectivity index (χ1) is 16.5. The first kappa shape index (κ1) is 20.8. The number of benzene rings is 1. The molecule has 0 bridgehead atoms. The van der Waals surface area contributed by atoms with Crippen molar-refractivity contribution in [2.45, 2.75) is 52.0 Å². The number of nitrogens with zero attached hydrogens (tertiary/aromatic N) is 6. The zero-order valence-electron chi connectivity index (χ0n) is 19.8. The normalized spacial score (nSPS) is 15.8. The van der Waals surface area contributed by atoms with E-state index in [1.165, 1.54) is 12.8 Å². The van der Waals surface area contributed by atoms with Crippen LogP contribution in [-0.4, -0.2) is 36.5 Å². The van der Waals surface area contributed by atoms with E-state index < -0.39 is 0 Å². The van der Waals surface area contributed by atoms with Gasteiger partial charge in [-0.05, 0) is 69.4 Å². The highest BCUT2D eigenvalue weighted by atomic mass is 16.2.